The lowest BCUT2D eigenvalue weighted by atomic mass is 10.3. The molecule has 1 amide bonds. The maximum absolute atomic E-state index is 11.1. The molecule has 0 saturated carbocycles. The number of aromatic nitrogens is 5. The highest BCUT2D eigenvalue weighted by Crippen LogP contribution is 2.24. The average Bonchev–Trinajstić information content (AvgIpc) is 3.07. The summed E-state index contributed by atoms with van der Waals surface area (Å²) in [5, 5.41) is 2.64. The molecule has 0 bridgehead atoms. The van der Waals surface area contributed by atoms with Crippen LogP contribution >= 0.6 is 0 Å². The maximum Gasteiger partial charge on any atom is 0.223 e. The van der Waals surface area contributed by atoms with E-state index in [1.54, 1.807) is 12.4 Å². The van der Waals surface area contributed by atoms with Crippen molar-refractivity contribution in [2.75, 3.05) is 5.32 Å². The molecule has 0 unspecified atom stereocenters. The van der Waals surface area contributed by atoms with Crippen molar-refractivity contribution in [1.29, 1.82) is 0 Å². The van der Waals surface area contributed by atoms with E-state index in [0.29, 0.717) is 5.95 Å². The number of anilines is 1. The van der Waals surface area contributed by atoms with E-state index in [1.807, 2.05) is 24.3 Å². The van der Waals surface area contributed by atoms with Crippen molar-refractivity contribution in [3.63, 3.8) is 0 Å². The number of amides is 1. The molecule has 0 saturated heterocycles. The van der Waals surface area contributed by atoms with Gasteiger partial charge in [0, 0.05) is 24.9 Å². The standard InChI is InChI=1S/C15H12N6O/c1-8(22)17-15-20-12-6-10-11(7-13(12)21-15)19-14(18-10)9-2-4-16-5-3-9/h2-7H,1H3,(H,18,19)(H2,17,20,21,22). The van der Waals surface area contributed by atoms with E-state index in [0.717, 1.165) is 33.5 Å². The molecule has 3 heterocycles. The summed E-state index contributed by atoms with van der Waals surface area (Å²) >= 11 is 0. The van der Waals surface area contributed by atoms with Gasteiger partial charge in [0.1, 0.15) is 5.82 Å². The van der Waals surface area contributed by atoms with Gasteiger partial charge in [-0.3, -0.25) is 15.1 Å². The molecular formula is C15H12N6O. The van der Waals surface area contributed by atoms with Gasteiger partial charge in [-0.15, -0.1) is 0 Å². The van der Waals surface area contributed by atoms with Crippen LogP contribution in [0.5, 0.6) is 0 Å². The highest BCUT2D eigenvalue weighted by atomic mass is 16.1. The minimum atomic E-state index is -0.164. The Hall–Kier alpha value is -3.22. The molecule has 0 radical (unpaired) electrons. The second-order valence-corrected chi connectivity index (χ2v) is 4.97. The van der Waals surface area contributed by atoms with Gasteiger partial charge in [-0.1, -0.05) is 0 Å². The molecular weight excluding hydrogens is 280 g/mol. The third-order valence-electron chi connectivity index (χ3n) is 3.33. The molecule has 0 atom stereocenters. The summed E-state index contributed by atoms with van der Waals surface area (Å²) in [5.41, 5.74) is 4.28. The summed E-state index contributed by atoms with van der Waals surface area (Å²) in [7, 11) is 0. The van der Waals surface area contributed by atoms with E-state index < -0.39 is 0 Å². The first-order chi connectivity index (χ1) is 10.7. The predicted molar refractivity (Wildman–Crippen MR) is 83.3 cm³/mol. The largest absolute Gasteiger partial charge is 0.338 e. The minimum Gasteiger partial charge on any atom is -0.338 e. The summed E-state index contributed by atoms with van der Waals surface area (Å²) in [6.07, 6.45) is 3.46. The van der Waals surface area contributed by atoms with Crippen LogP contribution in [0.1, 0.15) is 6.92 Å². The Morgan fingerprint density at radius 2 is 1.77 bits per heavy atom. The normalized spacial score (nSPS) is 11.1. The number of H-pyrrole nitrogens is 2. The molecule has 22 heavy (non-hydrogen) atoms. The average molecular weight is 292 g/mol. The Bertz CT molecular complexity index is 934. The maximum atomic E-state index is 11.1. The monoisotopic (exact) mass is 292 g/mol. The third-order valence-corrected chi connectivity index (χ3v) is 3.33. The lowest BCUT2D eigenvalue weighted by Gasteiger charge is -1.93. The number of nitrogens with one attached hydrogen (secondary N) is 3. The number of carbonyl (C=O) groups is 1. The van der Waals surface area contributed by atoms with Gasteiger partial charge in [-0.2, -0.15) is 0 Å². The highest BCUT2D eigenvalue weighted by molar-refractivity contribution is 5.95. The lowest BCUT2D eigenvalue weighted by molar-refractivity contribution is -0.114. The molecule has 0 aliphatic rings. The van der Waals surface area contributed by atoms with Crippen molar-refractivity contribution < 1.29 is 4.79 Å². The fourth-order valence-corrected chi connectivity index (χ4v) is 2.39. The Morgan fingerprint density at radius 3 is 2.55 bits per heavy atom. The second-order valence-electron chi connectivity index (χ2n) is 4.97. The quantitative estimate of drug-likeness (QED) is 0.528. The summed E-state index contributed by atoms with van der Waals surface area (Å²) < 4.78 is 0. The number of hydrogen-bond donors (Lipinski definition) is 3. The van der Waals surface area contributed by atoms with Gasteiger partial charge in [0.05, 0.1) is 22.1 Å². The SMILES string of the molecule is CC(=O)Nc1nc2cc3nc(-c4ccncc4)[nH]c3cc2[nH]1. The number of rotatable bonds is 2. The van der Waals surface area contributed by atoms with E-state index in [9.17, 15) is 4.79 Å². The zero-order chi connectivity index (χ0) is 15.1. The van der Waals surface area contributed by atoms with E-state index >= 15 is 0 Å². The Morgan fingerprint density at radius 1 is 1.05 bits per heavy atom. The molecule has 1 aromatic carbocycles. The van der Waals surface area contributed by atoms with E-state index in [-0.39, 0.29) is 5.91 Å². The Balaban J connectivity index is 1.82. The van der Waals surface area contributed by atoms with Crippen molar-refractivity contribution in [1.82, 2.24) is 24.9 Å². The Kier molecular flexibility index (Phi) is 2.65. The number of imidazole rings is 2. The van der Waals surface area contributed by atoms with Gasteiger partial charge in [0.2, 0.25) is 11.9 Å². The number of pyridine rings is 1. The van der Waals surface area contributed by atoms with Gasteiger partial charge in [0.15, 0.2) is 0 Å². The molecule has 4 aromatic rings. The molecule has 7 heteroatoms. The number of hydrogen-bond acceptors (Lipinski definition) is 4. The molecule has 3 aromatic heterocycles. The number of nitrogens with zero attached hydrogens (tertiary/aromatic N) is 3. The van der Waals surface area contributed by atoms with E-state index in [2.05, 4.69) is 30.2 Å². The molecule has 7 nitrogen and oxygen atoms in total. The molecule has 0 aliphatic carbocycles. The molecule has 0 fully saturated rings. The highest BCUT2D eigenvalue weighted by Gasteiger charge is 2.09. The van der Waals surface area contributed by atoms with Crippen LogP contribution in [-0.4, -0.2) is 30.8 Å². The van der Waals surface area contributed by atoms with Crippen LogP contribution in [0.3, 0.4) is 0 Å². The third kappa shape index (κ3) is 2.08. The Labute approximate surface area is 124 Å². The van der Waals surface area contributed by atoms with Crippen molar-refractivity contribution in [3.05, 3.63) is 36.7 Å². The molecule has 0 aliphatic heterocycles. The van der Waals surface area contributed by atoms with E-state index in [4.69, 9.17) is 0 Å². The van der Waals surface area contributed by atoms with Crippen LogP contribution in [0.15, 0.2) is 36.7 Å². The number of fused-ring (bicyclic) bond motifs is 2. The molecule has 4 rings (SSSR count). The first-order valence-corrected chi connectivity index (χ1v) is 6.76. The van der Waals surface area contributed by atoms with E-state index in [1.165, 1.54) is 6.92 Å². The smallest absolute Gasteiger partial charge is 0.223 e. The van der Waals surface area contributed by atoms with Crippen molar-refractivity contribution in [2.24, 2.45) is 0 Å². The fraction of sp³-hybridized carbons (Fsp3) is 0.0667. The zero-order valence-electron chi connectivity index (χ0n) is 11.7. The van der Waals surface area contributed by atoms with Gasteiger partial charge in [-0.25, -0.2) is 9.97 Å². The molecule has 0 spiro atoms. The first-order valence-electron chi connectivity index (χ1n) is 6.76. The second kappa shape index (κ2) is 4.66. The summed E-state index contributed by atoms with van der Waals surface area (Å²) in [6, 6.07) is 7.61. The van der Waals surface area contributed by atoms with Crippen molar-refractivity contribution in [3.8, 4) is 11.4 Å². The minimum absolute atomic E-state index is 0.164. The lowest BCUT2D eigenvalue weighted by Crippen LogP contribution is -2.06. The van der Waals surface area contributed by atoms with Crippen LogP contribution < -0.4 is 5.32 Å². The fourth-order valence-electron chi connectivity index (χ4n) is 2.39. The zero-order valence-corrected chi connectivity index (χ0v) is 11.7. The van der Waals surface area contributed by atoms with Crippen molar-refractivity contribution >= 4 is 33.9 Å². The van der Waals surface area contributed by atoms with Crippen LogP contribution in [0, 0.1) is 0 Å². The van der Waals surface area contributed by atoms with Gasteiger partial charge < -0.3 is 9.97 Å². The molecule has 108 valence electrons. The van der Waals surface area contributed by atoms with Crippen LogP contribution in [0.4, 0.5) is 5.95 Å². The predicted octanol–water partition coefficient (Wildman–Crippen LogP) is 2.46. The molecule has 3 N–H and O–H groups in total. The first kappa shape index (κ1) is 12.5. The number of carbonyl (C=O) groups excluding carboxylic acids is 1. The number of benzene rings is 1. The summed E-state index contributed by atoms with van der Waals surface area (Å²) in [5.74, 6) is 1.05. The van der Waals surface area contributed by atoms with Crippen molar-refractivity contribution in [2.45, 2.75) is 6.92 Å². The topological polar surface area (TPSA) is 99.3 Å². The summed E-state index contributed by atoms with van der Waals surface area (Å²) in [6.45, 7) is 1.44. The van der Waals surface area contributed by atoms with Crippen LogP contribution in [-0.2, 0) is 4.79 Å². The van der Waals surface area contributed by atoms with Gasteiger partial charge in [-0.05, 0) is 24.3 Å². The van der Waals surface area contributed by atoms with Crippen LogP contribution in [0.25, 0.3) is 33.5 Å². The number of aromatic amines is 2. The van der Waals surface area contributed by atoms with Gasteiger partial charge >= 0.3 is 0 Å². The summed E-state index contributed by atoms with van der Waals surface area (Å²) in [4.78, 5) is 30.3. The van der Waals surface area contributed by atoms with Gasteiger partial charge in [0.25, 0.3) is 0 Å². The van der Waals surface area contributed by atoms with Crippen LogP contribution in [0.2, 0.25) is 0 Å².